The molecule has 4 saturated carbocycles. The van der Waals surface area contributed by atoms with Gasteiger partial charge in [0.2, 0.25) is 0 Å². The third-order valence-electron chi connectivity index (χ3n) is 10.2. The first kappa shape index (κ1) is 20.7. The Morgan fingerprint density at radius 1 is 1.00 bits per heavy atom. The van der Waals surface area contributed by atoms with E-state index in [-0.39, 0.29) is 29.5 Å². The van der Waals surface area contributed by atoms with E-state index in [4.69, 9.17) is 5.11 Å². The minimum absolute atomic E-state index is 0.179. The second-order valence-electron chi connectivity index (χ2n) is 11.4. The lowest BCUT2D eigenvalue weighted by Gasteiger charge is -2.62. The van der Waals surface area contributed by atoms with E-state index in [1.807, 2.05) is 0 Å². The first-order chi connectivity index (χ1) is 13.2. The maximum Gasteiger partial charge on any atom is 0.303 e. The Kier molecular flexibility index (Phi) is 5.36. The summed E-state index contributed by atoms with van der Waals surface area (Å²) in [6.45, 7) is 7.16. The summed E-state index contributed by atoms with van der Waals surface area (Å²) in [5.74, 6) is 2.36. The van der Waals surface area contributed by atoms with Crippen molar-refractivity contribution in [3.8, 4) is 0 Å². The summed E-state index contributed by atoms with van der Waals surface area (Å²) in [4.78, 5) is 11.1. The van der Waals surface area contributed by atoms with Crippen molar-refractivity contribution in [2.75, 3.05) is 0 Å². The van der Waals surface area contributed by atoms with E-state index < -0.39 is 5.97 Å². The van der Waals surface area contributed by atoms with E-state index in [0.717, 1.165) is 32.1 Å². The van der Waals surface area contributed by atoms with Crippen LogP contribution in [-0.2, 0) is 4.79 Å². The molecule has 0 amide bonds. The Morgan fingerprint density at radius 2 is 1.68 bits per heavy atom. The molecule has 0 saturated heterocycles. The smallest absolute Gasteiger partial charge is 0.303 e. The summed E-state index contributed by atoms with van der Waals surface area (Å²) < 4.78 is 0. The molecule has 4 rings (SSSR count). The first-order valence-electron chi connectivity index (χ1n) is 11.7. The van der Waals surface area contributed by atoms with Crippen molar-refractivity contribution in [1.29, 1.82) is 0 Å². The Balaban J connectivity index is 1.55. The fourth-order valence-corrected chi connectivity index (χ4v) is 8.73. The third-order valence-corrected chi connectivity index (χ3v) is 10.2. The number of carboxylic acid groups (broad SMARTS) is 1. The highest BCUT2D eigenvalue weighted by molar-refractivity contribution is 5.66. The number of rotatable bonds is 4. The number of aliphatic carboxylic acids is 1. The van der Waals surface area contributed by atoms with Crippen LogP contribution in [0.2, 0.25) is 0 Å². The molecule has 0 aromatic carbocycles. The Morgan fingerprint density at radius 3 is 2.39 bits per heavy atom. The fourth-order valence-electron chi connectivity index (χ4n) is 8.73. The number of hydrogen-bond donors (Lipinski definition) is 3. The summed E-state index contributed by atoms with van der Waals surface area (Å²) in [7, 11) is 0. The van der Waals surface area contributed by atoms with Gasteiger partial charge in [0.15, 0.2) is 0 Å². The predicted molar refractivity (Wildman–Crippen MR) is 109 cm³/mol. The molecule has 10 atom stereocenters. The van der Waals surface area contributed by atoms with Crippen LogP contribution in [0.1, 0.15) is 85.0 Å². The molecule has 3 N–H and O–H groups in total. The molecule has 0 aromatic rings. The van der Waals surface area contributed by atoms with Crippen LogP contribution in [0.3, 0.4) is 0 Å². The monoisotopic (exact) mass is 392 g/mol. The molecule has 0 aliphatic heterocycles. The van der Waals surface area contributed by atoms with Crippen LogP contribution in [0.25, 0.3) is 0 Å². The van der Waals surface area contributed by atoms with Crippen LogP contribution in [0.4, 0.5) is 0 Å². The van der Waals surface area contributed by atoms with Gasteiger partial charge >= 0.3 is 5.97 Å². The number of carbonyl (C=O) groups is 1. The molecule has 0 heterocycles. The van der Waals surface area contributed by atoms with Crippen molar-refractivity contribution < 1.29 is 20.1 Å². The first-order valence-corrected chi connectivity index (χ1v) is 11.7. The van der Waals surface area contributed by atoms with Crippen molar-refractivity contribution in [3.05, 3.63) is 0 Å². The maximum atomic E-state index is 11.2. The van der Waals surface area contributed by atoms with Crippen LogP contribution in [-0.4, -0.2) is 33.5 Å². The SMILES string of the molecule is CC(CCC(=O)O)[C@@H]1CC[C@@H]2[C@@H]3[C@@H](CC[C@]21C)[C@]1(C)CC[C@H](O)C[C@@H]1C[C@@H]3O. The Hall–Kier alpha value is -0.610. The lowest BCUT2D eigenvalue weighted by atomic mass is 9.43. The van der Waals surface area contributed by atoms with Crippen molar-refractivity contribution in [3.63, 3.8) is 0 Å². The Bertz CT molecular complexity index is 605. The van der Waals surface area contributed by atoms with E-state index >= 15 is 0 Å². The molecule has 4 aliphatic rings. The molecule has 4 fully saturated rings. The van der Waals surface area contributed by atoms with Gasteiger partial charge in [0.25, 0.3) is 0 Å². The van der Waals surface area contributed by atoms with Gasteiger partial charge < -0.3 is 15.3 Å². The van der Waals surface area contributed by atoms with Crippen LogP contribution < -0.4 is 0 Å². The average Bonchev–Trinajstić information content (AvgIpc) is 2.98. The zero-order valence-electron chi connectivity index (χ0n) is 17.9. The highest BCUT2D eigenvalue weighted by Gasteiger charge is 2.62. The molecule has 0 spiro atoms. The minimum Gasteiger partial charge on any atom is -0.481 e. The summed E-state index contributed by atoms with van der Waals surface area (Å²) in [6, 6.07) is 0. The van der Waals surface area contributed by atoms with E-state index in [9.17, 15) is 15.0 Å². The van der Waals surface area contributed by atoms with Crippen molar-refractivity contribution in [2.24, 2.45) is 46.3 Å². The third kappa shape index (κ3) is 3.14. The summed E-state index contributed by atoms with van der Waals surface area (Å²) in [5, 5.41) is 30.5. The van der Waals surface area contributed by atoms with Gasteiger partial charge in [-0.25, -0.2) is 0 Å². The quantitative estimate of drug-likeness (QED) is 0.659. The van der Waals surface area contributed by atoms with Crippen LogP contribution in [0.15, 0.2) is 0 Å². The molecule has 0 radical (unpaired) electrons. The summed E-state index contributed by atoms with van der Waals surface area (Å²) in [5.41, 5.74) is 0.523. The molecule has 160 valence electrons. The van der Waals surface area contributed by atoms with Gasteiger partial charge in [0, 0.05) is 6.42 Å². The van der Waals surface area contributed by atoms with E-state index in [1.165, 1.54) is 25.7 Å². The molecule has 4 heteroatoms. The Labute approximate surface area is 170 Å². The zero-order chi connectivity index (χ0) is 20.3. The minimum atomic E-state index is -0.684. The molecule has 0 aromatic heterocycles. The lowest BCUT2D eigenvalue weighted by molar-refractivity contribution is -0.174. The fraction of sp³-hybridized carbons (Fsp3) is 0.958. The average molecular weight is 393 g/mol. The van der Waals surface area contributed by atoms with Crippen LogP contribution in [0.5, 0.6) is 0 Å². The van der Waals surface area contributed by atoms with Gasteiger partial charge in [-0.1, -0.05) is 20.8 Å². The van der Waals surface area contributed by atoms with Crippen molar-refractivity contribution in [2.45, 2.75) is 97.2 Å². The second-order valence-corrected chi connectivity index (χ2v) is 11.4. The van der Waals surface area contributed by atoms with Gasteiger partial charge in [0.1, 0.15) is 0 Å². The molecular formula is C24H40O4. The predicted octanol–water partition coefficient (Wildman–Crippen LogP) is 4.48. The van der Waals surface area contributed by atoms with Gasteiger partial charge in [-0.15, -0.1) is 0 Å². The van der Waals surface area contributed by atoms with Crippen LogP contribution >= 0.6 is 0 Å². The molecule has 1 unspecified atom stereocenters. The number of carboxylic acids is 1. The molecule has 0 bridgehead atoms. The van der Waals surface area contributed by atoms with Crippen LogP contribution in [0, 0.1) is 46.3 Å². The molecule has 4 aliphatic carbocycles. The van der Waals surface area contributed by atoms with E-state index in [1.54, 1.807) is 0 Å². The molecule has 28 heavy (non-hydrogen) atoms. The zero-order valence-corrected chi connectivity index (χ0v) is 17.9. The van der Waals surface area contributed by atoms with Gasteiger partial charge in [0.05, 0.1) is 12.2 Å². The number of fused-ring (bicyclic) bond motifs is 5. The second kappa shape index (κ2) is 7.27. The molecular weight excluding hydrogens is 352 g/mol. The van der Waals surface area contributed by atoms with E-state index in [2.05, 4.69) is 20.8 Å². The largest absolute Gasteiger partial charge is 0.481 e. The highest BCUT2D eigenvalue weighted by atomic mass is 16.4. The lowest BCUT2D eigenvalue weighted by Crippen LogP contribution is -2.58. The number of aliphatic hydroxyl groups is 2. The molecule has 4 nitrogen and oxygen atoms in total. The number of hydrogen-bond acceptors (Lipinski definition) is 3. The maximum absolute atomic E-state index is 11.2. The summed E-state index contributed by atoms with van der Waals surface area (Å²) in [6.07, 6.45) is 9.19. The van der Waals surface area contributed by atoms with E-state index in [0.29, 0.717) is 35.5 Å². The van der Waals surface area contributed by atoms with Gasteiger partial charge in [-0.2, -0.15) is 0 Å². The van der Waals surface area contributed by atoms with Gasteiger partial charge in [-0.05, 0) is 104 Å². The van der Waals surface area contributed by atoms with Crippen molar-refractivity contribution >= 4 is 5.97 Å². The van der Waals surface area contributed by atoms with Crippen molar-refractivity contribution in [1.82, 2.24) is 0 Å². The highest BCUT2D eigenvalue weighted by Crippen LogP contribution is 2.68. The number of aliphatic hydroxyl groups excluding tert-OH is 2. The normalized spacial score (nSPS) is 51.7. The standard InChI is InChI=1S/C24H40O4/c1-14(4-7-21(27)28)17-5-6-18-22-19(9-11-24(17,18)3)23(2)10-8-16(25)12-15(23)13-20(22)26/h14-20,22,25-26H,4-13H2,1-3H3,(H,27,28)/t14?,15-,16+,17+,18-,19-,20+,22-,23-,24+/m1/s1. The topological polar surface area (TPSA) is 77.8 Å². The van der Waals surface area contributed by atoms with Gasteiger partial charge in [-0.3, -0.25) is 4.79 Å². The summed E-state index contributed by atoms with van der Waals surface area (Å²) >= 11 is 0.